The minimum atomic E-state index is -1.46. The molecule has 1 aromatic heterocycles. The Morgan fingerprint density at radius 3 is 2.40 bits per heavy atom. The number of hydrogen-bond acceptors (Lipinski definition) is 3. The molecule has 108 valence electrons. The first-order chi connectivity index (χ1) is 9.43. The summed E-state index contributed by atoms with van der Waals surface area (Å²) < 4.78 is 39.5. The van der Waals surface area contributed by atoms with Gasteiger partial charge < -0.3 is 5.32 Å². The van der Waals surface area contributed by atoms with E-state index in [9.17, 15) is 13.2 Å². The molecule has 20 heavy (non-hydrogen) atoms. The molecule has 6 heteroatoms. The Bertz CT molecular complexity index is 602. The molecular weight excluding hydrogens is 285 g/mol. The molecular formula is C14H15F3N2S. The van der Waals surface area contributed by atoms with Crippen LogP contribution in [0, 0.1) is 24.4 Å². The maximum Gasteiger partial charge on any atom is 0.194 e. The number of aromatic nitrogens is 1. The zero-order valence-electron chi connectivity index (χ0n) is 11.4. The van der Waals surface area contributed by atoms with Crippen molar-refractivity contribution in [1.82, 2.24) is 10.3 Å². The molecule has 0 aliphatic carbocycles. The first-order valence-corrected chi connectivity index (χ1v) is 7.11. The van der Waals surface area contributed by atoms with E-state index in [1.165, 1.54) is 11.3 Å². The molecule has 0 bridgehead atoms. The van der Waals surface area contributed by atoms with Crippen molar-refractivity contribution in [3.63, 3.8) is 0 Å². The third-order valence-electron chi connectivity index (χ3n) is 2.97. The Kier molecular flexibility index (Phi) is 4.45. The van der Waals surface area contributed by atoms with E-state index in [0.29, 0.717) is 5.01 Å². The van der Waals surface area contributed by atoms with E-state index in [0.717, 1.165) is 29.2 Å². The summed E-state index contributed by atoms with van der Waals surface area (Å²) in [5.74, 6) is -3.86. The highest BCUT2D eigenvalue weighted by atomic mass is 32.1. The topological polar surface area (TPSA) is 24.9 Å². The van der Waals surface area contributed by atoms with Crippen molar-refractivity contribution in [3.8, 4) is 10.6 Å². The van der Waals surface area contributed by atoms with Crippen LogP contribution in [0.1, 0.15) is 30.5 Å². The number of aryl methyl sites for hydroxylation is 1. The Balaban J connectivity index is 2.42. The fourth-order valence-corrected chi connectivity index (χ4v) is 3.09. The smallest absolute Gasteiger partial charge is 0.194 e. The summed E-state index contributed by atoms with van der Waals surface area (Å²) in [7, 11) is 0. The molecule has 2 nitrogen and oxygen atoms in total. The van der Waals surface area contributed by atoms with Crippen molar-refractivity contribution in [1.29, 1.82) is 0 Å². The van der Waals surface area contributed by atoms with Crippen LogP contribution in [-0.2, 0) is 0 Å². The zero-order chi connectivity index (χ0) is 14.9. The second kappa shape index (κ2) is 5.93. The minimum Gasteiger partial charge on any atom is -0.310 e. The SMILES string of the molecule is CCNC(C)c1sc(-c2cc(F)c(F)c(F)c2)nc1C. The van der Waals surface area contributed by atoms with Crippen LogP contribution in [-0.4, -0.2) is 11.5 Å². The van der Waals surface area contributed by atoms with Gasteiger partial charge in [0.05, 0.1) is 5.69 Å². The first kappa shape index (κ1) is 15.0. The molecule has 1 N–H and O–H groups in total. The van der Waals surface area contributed by atoms with Gasteiger partial charge in [-0.05, 0) is 32.5 Å². The van der Waals surface area contributed by atoms with Crippen LogP contribution in [0.25, 0.3) is 10.6 Å². The molecule has 0 spiro atoms. The van der Waals surface area contributed by atoms with Crippen LogP contribution in [0.3, 0.4) is 0 Å². The van der Waals surface area contributed by atoms with Crippen molar-refractivity contribution in [2.75, 3.05) is 6.54 Å². The van der Waals surface area contributed by atoms with Crippen LogP contribution in [0.5, 0.6) is 0 Å². The molecule has 0 aliphatic heterocycles. The van der Waals surface area contributed by atoms with Crippen molar-refractivity contribution in [2.45, 2.75) is 26.8 Å². The molecule has 0 amide bonds. The third kappa shape index (κ3) is 2.86. The normalized spacial score (nSPS) is 12.7. The standard InChI is InChI=1S/C14H15F3N2S/c1-4-18-7(2)13-8(3)19-14(20-13)9-5-10(15)12(17)11(16)6-9/h5-7,18H,4H2,1-3H3. The van der Waals surface area contributed by atoms with E-state index in [-0.39, 0.29) is 11.6 Å². The van der Waals surface area contributed by atoms with E-state index < -0.39 is 17.5 Å². The number of nitrogens with zero attached hydrogens (tertiary/aromatic N) is 1. The van der Waals surface area contributed by atoms with Gasteiger partial charge in [-0.15, -0.1) is 11.3 Å². The van der Waals surface area contributed by atoms with Crippen molar-refractivity contribution in [2.24, 2.45) is 0 Å². The van der Waals surface area contributed by atoms with Gasteiger partial charge >= 0.3 is 0 Å². The second-order valence-corrected chi connectivity index (χ2v) is 5.53. The summed E-state index contributed by atoms with van der Waals surface area (Å²) in [5.41, 5.74) is 1.06. The van der Waals surface area contributed by atoms with E-state index in [1.54, 1.807) is 0 Å². The molecule has 0 radical (unpaired) electrons. The van der Waals surface area contributed by atoms with Gasteiger partial charge in [-0.3, -0.25) is 0 Å². The third-order valence-corrected chi connectivity index (χ3v) is 4.36. The number of benzene rings is 1. The Labute approximate surface area is 119 Å². The molecule has 1 unspecified atom stereocenters. The van der Waals surface area contributed by atoms with Crippen molar-refractivity contribution in [3.05, 3.63) is 40.2 Å². The summed E-state index contributed by atoms with van der Waals surface area (Å²) in [4.78, 5) is 5.33. The predicted molar refractivity (Wildman–Crippen MR) is 74.3 cm³/mol. The van der Waals surface area contributed by atoms with Crippen molar-refractivity contribution < 1.29 is 13.2 Å². The predicted octanol–water partition coefficient (Wildman–Crippen LogP) is 4.21. The number of thiazole rings is 1. The van der Waals surface area contributed by atoms with E-state index in [2.05, 4.69) is 10.3 Å². The lowest BCUT2D eigenvalue weighted by Crippen LogP contribution is -2.17. The molecule has 0 fully saturated rings. The van der Waals surface area contributed by atoms with Crippen molar-refractivity contribution >= 4 is 11.3 Å². The molecule has 0 saturated carbocycles. The Morgan fingerprint density at radius 1 is 1.25 bits per heavy atom. The summed E-state index contributed by atoms with van der Waals surface area (Å²) in [6, 6.07) is 2.05. The molecule has 2 rings (SSSR count). The molecule has 1 atom stereocenters. The maximum atomic E-state index is 13.3. The fourth-order valence-electron chi connectivity index (χ4n) is 2.01. The summed E-state index contributed by atoms with van der Waals surface area (Å²) in [6.07, 6.45) is 0. The molecule has 1 aromatic carbocycles. The maximum absolute atomic E-state index is 13.3. The Morgan fingerprint density at radius 2 is 1.85 bits per heavy atom. The Hall–Kier alpha value is -1.40. The van der Waals surface area contributed by atoms with Gasteiger partial charge in [-0.2, -0.15) is 0 Å². The van der Waals surface area contributed by atoms with Crippen LogP contribution in [0.15, 0.2) is 12.1 Å². The van der Waals surface area contributed by atoms with Gasteiger partial charge in [0.15, 0.2) is 17.5 Å². The van der Waals surface area contributed by atoms with Gasteiger partial charge in [0.25, 0.3) is 0 Å². The average Bonchev–Trinajstić information content (AvgIpc) is 2.78. The zero-order valence-corrected chi connectivity index (χ0v) is 12.2. The minimum absolute atomic E-state index is 0.112. The lowest BCUT2D eigenvalue weighted by molar-refractivity contribution is 0.447. The van der Waals surface area contributed by atoms with Gasteiger partial charge in [0.1, 0.15) is 5.01 Å². The van der Waals surface area contributed by atoms with Crippen LogP contribution in [0.4, 0.5) is 13.2 Å². The molecule has 0 saturated heterocycles. The number of halogens is 3. The second-order valence-electron chi connectivity index (χ2n) is 4.50. The fraction of sp³-hybridized carbons (Fsp3) is 0.357. The van der Waals surface area contributed by atoms with Gasteiger partial charge in [-0.1, -0.05) is 6.92 Å². The molecule has 0 aliphatic rings. The van der Waals surface area contributed by atoms with E-state index >= 15 is 0 Å². The summed E-state index contributed by atoms with van der Waals surface area (Å²) in [5, 5.41) is 3.75. The van der Waals surface area contributed by atoms with E-state index in [1.807, 2.05) is 20.8 Å². The number of nitrogens with one attached hydrogen (secondary N) is 1. The monoisotopic (exact) mass is 300 g/mol. The summed E-state index contributed by atoms with van der Waals surface area (Å²) in [6.45, 7) is 6.66. The van der Waals surface area contributed by atoms with Gasteiger partial charge in [-0.25, -0.2) is 18.2 Å². The van der Waals surface area contributed by atoms with Crippen LogP contribution in [0.2, 0.25) is 0 Å². The van der Waals surface area contributed by atoms with Gasteiger partial charge in [0.2, 0.25) is 0 Å². The van der Waals surface area contributed by atoms with Gasteiger partial charge in [0, 0.05) is 16.5 Å². The average molecular weight is 300 g/mol. The van der Waals surface area contributed by atoms with E-state index in [4.69, 9.17) is 0 Å². The first-order valence-electron chi connectivity index (χ1n) is 6.29. The van der Waals surface area contributed by atoms with Crippen LogP contribution >= 0.6 is 11.3 Å². The molecule has 1 heterocycles. The lowest BCUT2D eigenvalue weighted by Gasteiger charge is -2.09. The highest BCUT2D eigenvalue weighted by Gasteiger charge is 2.17. The highest BCUT2D eigenvalue weighted by Crippen LogP contribution is 2.32. The van der Waals surface area contributed by atoms with Crippen LogP contribution < -0.4 is 5.32 Å². The molecule has 2 aromatic rings. The number of hydrogen-bond donors (Lipinski definition) is 1. The number of rotatable bonds is 4. The highest BCUT2D eigenvalue weighted by molar-refractivity contribution is 7.15. The lowest BCUT2D eigenvalue weighted by atomic mass is 10.2. The quantitative estimate of drug-likeness (QED) is 0.856. The summed E-state index contributed by atoms with van der Waals surface area (Å²) >= 11 is 1.35. The largest absolute Gasteiger partial charge is 0.310 e.